The van der Waals surface area contributed by atoms with Gasteiger partial charge in [-0.25, -0.2) is 4.37 Å². The third-order valence-corrected chi connectivity index (χ3v) is 4.16. The molecule has 1 aliphatic heterocycles. The van der Waals surface area contributed by atoms with E-state index < -0.39 is 0 Å². The first-order valence-electron chi connectivity index (χ1n) is 6.35. The second-order valence-electron chi connectivity index (χ2n) is 4.89. The van der Waals surface area contributed by atoms with Crippen LogP contribution in [0.3, 0.4) is 0 Å². The van der Waals surface area contributed by atoms with Gasteiger partial charge in [-0.3, -0.25) is 9.80 Å². The van der Waals surface area contributed by atoms with Crippen molar-refractivity contribution >= 4 is 11.5 Å². The SMILES string of the molecule is Cc1noc(C2CN(Cc3ccns3)CCN2C)n1. The molecule has 0 spiro atoms. The van der Waals surface area contributed by atoms with Crippen LogP contribution >= 0.6 is 11.5 Å². The molecular weight excluding hydrogens is 262 g/mol. The topological polar surface area (TPSA) is 58.3 Å². The summed E-state index contributed by atoms with van der Waals surface area (Å²) in [7, 11) is 2.11. The molecule has 0 bridgehead atoms. The zero-order valence-corrected chi connectivity index (χ0v) is 11.9. The van der Waals surface area contributed by atoms with E-state index in [0.717, 1.165) is 26.2 Å². The Morgan fingerprint density at radius 3 is 3.05 bits per heavy atom. The lowest BCUT2D eigenvalue weighted by molar-refractivity contribution is 0.0720. The number of aryl methyl sites for hydroxylation is 1. The molecule has 1 saturated heterocycles. The van der Waals surface area contributed by atoms with Gasteiger partial charge in [0.05, 0.1) is 0 Å². The van der Waals surface area contributed by atoms with Crippen molar-refractivity contribution in [2.45, 2.75) is 19.5 Å². The van der Waals surface area contributed by atoms with E-state index in [-0.39, 0.29) is 6.04 Å². The Morgan fingerprint density at radius 1 is 1.47 bits per heavy atom. The van der Waals surface area contributed by atoms with Crippen LogP contribution in [0.5, 0.6) is 0 Å². The quantitative estimate of drug-likeness (QED) is 0.844. The Morgan fingerprint density at radius 2 is 2.37 bits per heavy atom. The monoisotopic (exact) mass is 279 g/mol. The third kappa shape index (κ3) is 2.83. The molecule has 0 saturated carbocycles. The van der Waals surface area contributed by atoms with Crippen LogP contribution in [0.2, 0.25) is 0 Å². The van der Waals surface area contributed by atoms with E-state index in [9.17, 15) is 0 Å². The summed E-state index contributed by atoms with van der Waals surface area (Å²) in [6.07, 6.45) is 1.86. The molecule has 0 aromatic carbocycles. The Labute approximate surface area is 116 Å². The van der Waals surface area contributed by atoms with E-state index in [1.165, 1.54) is 4.88 Å². The summed E-state index contributed by atoms with van der Waals surface area (Å²) in [6.45, 7) is 5.77. The maximum Gasteiger partial charge on any atom is 0.245 e. The smallest absolute Gasteiger partial charge is 0.245 e. The zero-order valence-electron chi connectivity index (χ0n) is 11.1. The lowest BCUT2D eigenvalue weighted by Gasteiger charge is -2.37. The largest absolute Gasteiger partial charge is 0.338 e. The van der Waals surface area contributed by atoms with Crippen LogP contribution in [0.1, 0.15) is 22.6 Å². The van der Waals surface area contributed by atoms with E-state index in [2.05, 4.69) is 37.4 Å². The molecule has 1 aliphatic rings. The van der Waals surface area contributed by atoms with Crippen molar-refractivity contribution in [1.29, 1.82) is 0 Å². The highest BCUT2D eigenvalue weighted by molar-refractivity contribution is 7.05. The van der Waals surface area contributed by atoms with E-state index in [1.807, 2.05) is 13.1 Å². The summed E-state index contributed by atoms with van der Waals surface area (Å²) in [4.78, 5) is 10.3. The van der Waals surface area contributed by atoms with Crippen LogP contribution in [-0.2, 0) is 6.54 Å². The predicted octanol–water partition coefficient (Wildman–Crippen LogP) is 1.32. The van der Waals surface area contributed by atoms with Crippen molar-refractivity contribution in [1.82, 2.24) is 24.3 Å². The fourth-order valence-electron chi connectivity index (χ4n) is 2.33. The van der Waals surface area contributed by atoms with E-state index in [4.69, 9.17) is 4.52 Å². The normalized spacial score (nSPS) is 21.9. The molecule has 1 atom stereocenters. The number of nitrogens with zero attached hydrogens (tertiary/aromatic N) is 5. The van der Waals surface area contributed by atoms with Crippen LogP contribution in [-0.4, -0.2) is 51.0 Å². The van der Waals surface area contributed by atoms with Crippen molar-refractivity contribution in [3.05, 3.63) is 28.9 Å². The summed E-state index contributed by atoms with van der Waals surface area (Å²) >= 11 is 1.56. The van der Waals surface area contributed by atoms with Gasteiger partial charge in [-0.05, 0) is 31.6 Å². The number of hydrogen-bond donors (Lipinski definition) is 0. The van der Waals surface area contributed by atoms with Gasteiger partial charge in [0, 0.05) is 37.3 Å². The number of rotatable bonds is 3. The summed E-state index contributed by atoms with van der Waals surface area (Å²) in [5.41, 5.74) is 0. The predicted molar refractivity (Wildman–Crippen MR) is 71.8 cm³/mol. The molecule has 0 N–H and O–H groups in total. The summed E-state index contributed by atoms with van der Waals surface area (Å²) in [6, 6.07) is 2.26. The van der Waals surface area contributed by atoms with Crippen LogP contribution in [0, 0.1) is 6.92 Å². The van der Waals surface area contributed by atoms with Gasteiger partial charge in [-0.2, -0.15) is 4.98 Å². The highest BCUT2D eigenvalue weighted by Crippen LogP contribution is 2.24. The molecule has 3 heterocycles. The molecule has 2 aromatic rings. The Bertz CT molecular complexity index is 526. The molecule has 102 valence electrons. The minimum absolute atomic E-state index is 0.183. The second-order valence-corrected chi connectivity index (χ2v) is 5.81. The lowest BCUT2D eigenvalue weighted by Crippen LogP contribution is -2.46. The van der Waals surface area contributed by atoms with Gasteiger partial charge in [-0.15, -0.1) is 0 Å². The molecule has 1 unspecified atom stereocenters. The second kappa shape index (κ2) is 5.36. The first kappa shape index (κ1) is 12.7. The minimum Gasteiger partial charge on any atom is -0.338 e. The van der Waals surface area contributed by atoms with Crippen molar-refractivity contribution in [3.8, 4) is 0 Å². The Balaban J connectivity index is 1.70. The number of piperazine rings is 1. The first-order valence-corrected chi connectivity index (χ1v) is 7.12. The van der Waals surface area contributed by atoms with Gasteiger partial charge in [0.2, 0.25) is 5.89 Å². The number of likely N-dealkylation sites (N-methyl/N-ethyl adjacent to an activating group) is 1. The molecular formula is C12H17N5OS. The van der Waals surface area contributed by atoms with Gasteiger partial charge >= 0.3 is 0 Å². The highest BCUT2D eigenvalue weighted by atomic mass is 32.1. The van der Waals surface area contributed by atoms with E-state index in [1.54, 1.807) is 11.5 Å². The molecule has 1 fully saturated rings. The maximum atomic E-state index is 5.32. The van der Waals surface area contributed by atoms with Crippen LogP contribution in [0.25, 0.3) is 0 Å². The van der Waals surface area contributed by atoms with E-state index >= 15 is 0 Å². The van der Waals surface area contributed by atoms with Crippen LogP contribution in [0.15, 0.2) is 16.8 Å². The third-order valence-electron chi connectivity index (χ3n) is 3.43. The van der Waals surface area contributed by atoms with E-state index in [0.29, 0.717) is 11.7 Å². The Hall–Kier alpha value is -1.31. The number of hydrogen-bond acceptors (Lipinski definition) is 7. The van der Waals surface area contributed by atoms with Gasteiger partial charge in [0.15, 0.2) is 5.82 Å². The summed E-state index contributed by atoms with van der Waals surface area (Å²) in [5.74, 6) is 1.41. The summed E-state index contributed by atoms with van der Waals surface area (Å²) in [5, 5.41) is 3.89. The van der Waals surface area contributed by atoms with Gasteiger partial charge in [0.25, 0.3) is 0 Å². The first-order chi connectivity index (χ1) is 9.22. The van der Waals surface area contributed by atoms with Crippen molar-refractivity contribution in [2.24, 2.45) is 0 Å². The van der Waals surface area contributed by atoms with Crippen molar-refractivity contribution in [3.63, 3.8) is 0 Å². The van der Waals surface area contributed by atoms with Gasteiger partial charge in [0.1, 0.15) is 6.04 Å². The standard InChI is InChI=1S/C12H17N5OS/c1-9-14-12(18-15-9)11-8-17(6-5-16(11)2)7-10-3-4-13-19-10/h3-4,11H,5-8H2,1-2H3. The average molecular weight is 279 g/mol. The fraction of sp³-hybridized carbons (Fsp3) is 0.583. The molecule has 6 nitrogen and oxygen atoms in total. The van der Waals surface area contributed by atoms with Crippen LogP contribution in [0.4, 0.5) is 0 Å². The van der Waals surface area contributed by atoms with Crippen molar-refractivity contribution in [2.75, 3.05) is 26.7 Å². The molecule has 7 heteroatoms. The number of aromatic nitrogens is 3. The molecule has 3 rings (SSSR count). The van der Waals surface area contributed by atoms with Crippen LogP contribution < -0.4 is 0 Å². The molecule has 0 radical (unpaired) electrons. The average Bonchev–Trinajstić information content (AvgIpc) is 3.03. The minimum atomic E-state index is 0.183. The lowest BCUT2D eigenvalue weighted by atomic mass is 10.1. The fourth-order valence-corrected chi connectivity index (χ4v) is 2.95. The molecule has 0 aliphatic carbocycles. The van der Waals surface area contributed by atoms with Gasteiger partial charge in [-0.1, -0.05) is 5.16 Å². The molecule has 2 aromatic heterocycles. The summed E-state index contributed by atoms with van der Waals surface area (Å²) < 4.78 is 9.47. The highest BCUT2D eigenvalue weighted by Gasteiger charge is 2.29. The van der Waals surface area contributed by atoms with Gasteiger partial charge < -0.3 is 4.52 Å². The maximum absolute atomic E-state index is 5.32. The zero-order chi connectivity index (χ0) is 13.2. The van der Waals surface area contributed by atoms with Crippen molar-refractivity contribution < 1.29 is 4.52 Å². The molecule has 19 heavy (non-hydrogen) atoms. The molecule has 0 amide bonds. The Kier molecular flexibility index (Phi) is 3.58.